The van der Waals surface area contributed by atoms with Crippen molar-refractivity contribution < 1.29 is 38.1 Å². The van der Waals surface area contributed by atoms with Gasteiger partial charge in [-0.25, -0.2) is 14.4 Å². The minimum Gasteiger partial charge on any atom is -0.462 e. The Kier molecular flexibility index (Phi) is 10.0. The second kappa shape index (κ2) is 12.9. The maximum atomic E-state index is 12.7. The normalized spacial score (nSPS) is 10.4. The van der Waals surface area contributed by atoms with E-state index in [1.807, 2.05) is 0 Å². The highest BCUT2D eigenvalue weighted by molar-refractivity contribution is 6.03. The Morgan fingerprint density at radius 3 is 1.56 bits per heavy atom. The van der Waals surface area contributed by atoms with Crippen molar-refractivity contribution in [1.29, 1.82) is 0 Å². The second-order valence-corrected chi connectivity index (χ2v) is 7.60. The highest BCUT2D eigenvalue weighted by Crippen LogP contribution is 2.28. The van der Waals surface area contributed by atoms with Crippen LogP contribution in [0.3, 0.4) is 0 Å². The van der Waals surface area contributed by atoms with E-state index in [2.05, 4.69) is 6.58 Å². The van der Waals surface area contributed by atoms with Gasteiger partial charge in [0.05, 0.1) is 17.0 Å². The topological polar surface area (TPSA) is 105 Å². The molecule has 8 heteroatoms. The fourth-order valence-corrected chi connectivity index (χ4v) is 2.78. The Labute approximate surface area is 198 Å². The molecule has 0 aliphatic heterocycles. The highest BCUT2D eigenvalue weighted by Gasteiger charge is 2.20. The molecular weight excluding hydrogens is 440 g/mol. The Morgan fingerprint density at radius 1 is 0.706 bits per heavy atom. The number of benzene rings is 2. The molecule has 0 aromatic heterocycles. The third-order valence-corrected chi connectivity index (χ3v) is 4.51. The summed E-state index contributed by atoms with van der Waals surface area (Å²) in [7, 11) is 0. The SMILES string of the molecule is C=C(C)C(=O)OCCOC(=O)c1ccccc1-c1ccccc1C(=O)OCCOC(=O)C(C)C. The van der Waals surface area contributed by atoms with Crippen molar-refractivity contribution in [2.75, 3.05) is 26.4 Å². The van der Waals surface area contributed by atoms with Crippen LogP contribution >= 0.6 is 0 Å². The van der Waals surface area contributed by atoms with Crippen LogP contribution in [0.15, 0.2) is 60.7 Å². The van der Waals surface area contributed by atoms with E-state index in [1.54, 1.807) is 62.4 Å². The Hall–Kier alpha value is -3.94. The smallest absolute Gasteiger partial charge is 0.338 e. The van der Waals surface area contributed by atoms with Gasteiger partial charge in [0.25, 0.3) is 0 Å². The molecule has 0 amide bonds. The number of carbonyl (C=O) groups is 4. The third-order valence-electron chi connectivity index (χ3n) is 4.51. The summed E-state index contributed by atoms with van der Waals surface area (Å²) in [5, 5.41) is 0. The maximum Gasteiger partial charge on any atom is 0.338 e. The molecule has 0 fully saturated rings. The molecule has 0 saturated heterocycles. The van der Waals surface area contributed by atoms with Crippen molar-refractivity contribution in [2.45, 2.75) is 20.8 Å². The summed E-state index contributed by atoms with van der Waals surface area (Å²) in [4.78, 5) is 48.3. The first-order valence-corrected chi connectivity index (χ1v) is 10.7. The van der Waals surface area contributed by atoms with Gasteiger partial charge in [-0.15, -0.1) is 0 Å². The molecule has 0 heterocycles. The second-order valence-electron chi connectivity index (χ2n) is 7.60. The van der Waals surface area contributed by atoms with E-state index in [-0.39, 0.29) is 55.0 Å². The minimum atomic E-state index is -0.634. The van der Waals surface area contributed by atoms with Crippen LogP contribution in [-0.2, 0) is 28.5 Å². The zero-order valence-electron chi connectivity index (χ0n) is 19.5. The number of carbonyl (C=O) groups excluding carboxylic acids is 4. The van der Waals surface area contributed by atoms with Gasteiger partial charge in [-0.3, -0.25) is 4.79 Å². The predicted molar refractivity (Wildman–Crippen MR) is 124 cm³/mol. The van der Waals surface area contributed by atoms with E-state index in [0.717, 1.165) is 0 Å². The first kappa shape index (κ1) is 26.3. The summed E-state index contributed by atoms with van der Waals surface area (Å²) < 4.78 is 20.4. The van der Waals surface area contributed by atoms with E-state index in [1.165, 1.54) is 6.92 Å². The van der Waals surface area contributed by atoms with Crippen molar-refractivity contribution in [3.8, 4) is 11.1 Å². The lowest BCUT2D eigenvalue weighted by atomic mass is 9.95. The van der Waals surface area contributed by atoms with E-state index < -0.39 is 17.9 Å². The molecule has 34 heavy (non-hydrogen) atoms. The fourth-order valence-electron chi connectivity index (χ4n) is 2.78. The van der Waals surface area contributed by atoms with Gasteiger partial charge >= 0.3 is 23.9 Å². The van der Waals surface area contributed by atoms with Crippen LogP contribution in [0.4, 0.5) is 0 Å². The largest absolute Gasteiger partial charge is 0.462 e. The van der Waals surface area contributed by atoms with E-state index in [0.29, 0.717) is 11.1 Å². The van der Waals surface area contributed by atoms with Crippen molar-refractivity contribution >= 4 is 23.9 Å². The average Bonchev–Trinajstić information content (AvgIpc) is 2.83. The van der Waals surface area contributed by atoms with Crippen LogP contribution in [-0.4, -0.2) is 50.3 Å². The van der Waals surface area contributed by atoms with Gasteiger partial charge in [0.1, 0.15) is 26.4 Å². The summed E-state index contributed by atoms with van der Waals surface area (Å²) in [6.45, 7) is 8.03. The fraction of sp³-hybridized carbons (Fsp3) is 0.308. The summed E-state index contributed by atoms with van der Waals surface area (Å²) in [5.74, 6) is -2.47. The van der Waals surface area contributed by atoms with Crippen LogP contribution in [0.5, 0.6) is 0 Å². The van der Waals surface area contributed by atoms with Crippen LogP contribution in [0.2, 0.25) is 0 Å². The first-order chi connectivity index (χ1) is 16.2. The minimum absolute atomic E-state index is 0.0518. The van der Waals surface area contributed by atoms with Gasteiger partial charge in [0, 0.05) is 5.57 Å². The molecule has 0 N–H and O–H groups in total. The average molecular weight is 469 g/mol. The molecule has 0 spiro atoms. The number of rotatable bonds is 11. The molecule has 8 nitrogen and oxygen atoms in total. The Balaban J connectivity index is 2.10. The van der Waals surface area contributed by atoms with E-state index >= 15 is 0 Å². The lowest BCUT2D eigenvalue weighted by Crippen LogP contribution is -2.17. The highest BCUT2D eigenvalue weighted by atomic mass is 16.6. The molecule has 2 aromatic carbocycles. The van der Waals surface area contributed by atoms with Gasteiger partial charge in [-0.05, 0) is 30.2 Å². The van der Waals surface area contributed by atoms with Crippen molar-refractivity contribution in [2.24, 2.45) is 5.92 Å². The summed E-state index contributed by atoms with van der Waals surface area (Å²) >= 11 is 0. The van der Waals surface area contributed by atoms with Gasteiger partial charge in [0.15, 0.2) is 0 Å². The molecule has 0 aliphatic rings. The third kappa shape index (κ3) is 7.58. The first-order valence-electron chi connectivity index (χ1n) is 10.7. The Bertz CT molecular complexity index is 1050. The van der Waals surface area contributed by atoms with Crippen molar-refractivity contribution in [3.05, 3.63) is 71.8 Å². The zero-order chi connectivity index (χ0) is 25.1. The number of hydrogen-bond acceptors (Lipinski definition) is 8. The lowest BCUT2D eigenvalue weighted by molar-refractivity contribution is -0.148. The molecule has 2 rings (SSSR count). The number of hydrogen-bond donors (Lipinski definition) is 0. The summed E-state index contributed by atoms with van der Waals surface area (Å²) in [5.41, 5.74) is 1.68. The molecule has 0 aliphatic carbocycles. The van der Waals surface area contributed by atoms with Crippen molar-refractivity contribution in [1.82, 2.24) is 0 Å². The maximum absolute atomic E-state index is 12.7. The summed E-state index contributed by atoms with van der Waals surface area (Å²) in [6, 6.07) is 13.3. The molecule has 2 aromatic rings. The van der Waals surface area contributed by atoms with Gasteiger partial charge < -0.3 is 18.9 Å². The molecule has 180 valence electrons. The van der Waals surface area contributed by atoms with E-state index in [9.17, 15) is 19.2 Å². The quantitative estimate of drug-likeness (QED) is 0.211. The van der Waals surface area contributed by atoms with Crippen LogP contribution < -0.4 is 0 Å². The van der Waals surface area contributed by atoms with Gasteiger partial charge in [0.2, 0.25) is 0 Å². The van der Waals surface area contributed by atoms with Gasteiger partial charge in [-0.1, -0.05) is 56.8 Å². The van der Waals surface area contributed by atoms with Crippen molar-refractivity contribution in [3.63, 3.8) is 0 Å². The molecule has 0 unspecified atom stereocenters. The standard InChI is InChI=1S/C26H28O8/c1-17(2)23(27)31-13-15-33-25(29)21-11-7-5-9-19(21)20-10-6-8-12-22(20)26(30)34-16-14-32-24(28)18(3)4/h5-12,18H,1,13-16H2,2-4H3. The van der Waals surface area contributed by atoms with Crippen LogP contribution in [0, 0.1) is 5.92 Å². The zero-order valence-corrected chi connectivity index (χ0v) is 19.5. The lowest BCUT2D eigenvalue weighted by Gasteiger charge is -2.14. The van der Waals surface area contributed by atoms with Crippen LogP contribution in [0.1, 0.15) is 41.5 Å². The number of esters is 4. The monoisotopic (exact) mass is 468 g/mol. The van der Waals surface area contributed by atoms with Crippen LogP contribution in [0.25, 0.3) is 11.1 Å². The van der Waals surface area contributed by atoms with Gasteiger partial charge in [-0.2, -0.15) is 0 Å². The molecule has 0 radical (unpaired) electrons. The molecular formula is C26H28O8. The molecule has 0 atom stereocenters. The van der Waals surface area contributed by atoms with E-state index in [4.69, 9.17) is 18.9 Å². The Morgan fingerprint density at radius 2 is 1.12 bits per heavy atom. The molecule has 0 bridgehead atoms. The predicted octanol–water partition coefficient (Wildman–Crippen LogP) is 3.99. The number of ether oxygens (including phenoxy) is 4. The summed E-state index contributed by atoms with van der Waals surface area (Å²) in [6.07, 6.45) is 0. The molecule has 0 saturated carbocycles.